The van der Waals surface area contributed by atoms with Crippen LogP contribution in [0.25, 0.3) is 10.2 Å². The van der Waals surface area contributed by atoms with Gasteiger partial charge < -0.3 is 14.4 Å². The average molecular weight is 452 g/mol. The van der Waals surface area contributed by atoms with E-state index in [-0.39, 0.29) is 5.91 Å². The first-order valence-corrected chi connectivity index (χ1v) is 12.2. The summed E-state index contributed by atoms with van der Waals surface area (Å²) in [5.41, 5.74) is 2.31. The van der Waals surface area contributed by atoms with Crippen LogP contribution in [-0.2, 0) is 16.0 Å². The lowest BCUT2D eigenvalue weighted by molar-refractivity contribution is -0.136. The Bertz CT molecular complexity index is 1010. The van der Waals surface area contributed by atoms with Crippen molar-refractivity contribution in [2.75, 3.05) is 45.9 Å². The van der Waals surface area contributed by atoms with Crippen LogP contribution in [-0.4, -0.2) is 66.6 Å². The number of hydrogen-bond acceptors (Lipinski definition) is 6. The van der Waals surface area contributed by atoms with Gasteiger partial charge in [0.25, 0.3) is 5.19 Å². The monoisotopic (exact) mass is 451 g/mol. The zero-order valence-electron chi connectivity index (χ0n) is 18.2. The second kappa shape index (κ2) is 9.98. The Morgan fingerprint density at radius 3 is 2.53 bits per heavy atom. The minimum absolute atomic E-state index is 0.246. The Kier molecular flexibility index (Phi) is 6.67. The van der Waals surface area contributed by atoms with Gasteiger partial charge in [-0.3, -0.25) is 9.69 Å². The van der Waals surface area contributed by atoms with E-state index in [2.05, 4.69) is 28.1 Å². The standard InChI is InChI=1S/C25H29N3O3S/c29-24(28-13-15-30-16-14-28)18-27-11-9-20(10-12-27)17-19-5-7-21(8-6-19)31-25-26-22-3-1-2-4-23(22)32-25/h1-8,20H,9-18H2. The van der Waals surface area contributed by atoms with E-state index in [4.69, 9.17) is 9.47 Å². The third-order valence-corrected chi connectivity index (χ3v) is 7.27. The van der Waals surface area contributed by atoms with Crippen molar-refractivity contribution in [1.29, 1.82) is 0 Å². The highest BCUT2D eigenvalue weighted by molar-refractivity contribution is 7.20. The predicted molar refractivity (Wildman–Crippen MR) is 126 cm³/mol. The summed E-state index contributed by atoms with van der Waals surface area (Å²) in [7, 11) is 0. The Hall–Kier alpha value is -2.48. The van der Waals surface area contributed by atoms with Gasteiger partial charge in [0.05, 0.1) is 30.0 Å². The molecule has 1 aromatic heterocycles. The molecule has 2 aliphatic heterocycles. The van der Waals surface area contributed by atoms with Crippen LogP contribution in [0.5, 0.6) is 10.9 Å². The maximum absolute atomic E-state index is 12.5. The zero-order valence-corrected chi connectivity index (χ0v) is 19.1. The molecule has 0 spiro atoms. The van der Waals surface area contributed by atoms with Crippen molar-refractivity contribution in [3.63, 3.8) is 0 Å². The molecule has 32 heavy (non-hydrogen) atoms. The molecule has 7 heteroatoms. The van der Waals surface area contributed by atoms with Crippen LogP contribution in [0.4, 0.5) is 0 Å². The van der Waals surface area contributed by atoms with Crippen molar-refractivity contribution < 1.29 is 14.3 Å². The lowest BCUT2D eigenvalue weighted by atomic mass is 9.90. The van der Waals surface area contributed by atoms with E-state index in [1.54, 1.807) is 11.3 Å². The van der Waals surface area contributed by atoms with E-state index in [1.807, 2.05) is 35.2 Å². The van der Waals surface area contributed by atoms with E-state index < -0.39 is 0 Å². The smallest absolute Gasteiger partial charge is 0.279 e. The molecule has 2 fully saturated rings. The van der Waals surface area contributed by atoms with Crippen LogP contribution in [0.1, 0.15) is 18.4 Å². The minimum Gasteiger partial charge on any atom is -0.431 e. The number of rotatable bonds is 6. The largest absolute Gasteiger partial charge is 0.431 e. The number of thiazole rings is 1. The van der Waals surface area contributed by atoms with Gasteiger partial charge >= 0.3 is 0 Å². The highest BCUT2D eigenvalue weighted by atomic mass is 32.1. The maximum atomic E-state index is 12.5. The number of fused-ring (bicyclic) bond motifs is 1. The second-order valence-corrected chi connectivity index (χ2v) is 9.60. The van der Waals surface area contributed by atoms with Crippen molar-refractivity contribution in [2.24, 2.45) is 5.92 Å². The van der Waals surface area contributed by atoms with E-state index in [1.165, 1.54) is 5.56 Å². The third kappa shape index (κ3) is 5.28. The van der Waals surface area contributed by atoms with Crippen molar-refractivity contribution in [3.05, 3.63) is 54.1 Å². The zero-order chi connectivity index (χ0) is 21.8. The fraction of sp³-hybridized carbons (Fsp3) is 0.440. The number of likely N-dealkylation sites (tertiary alicyclic amines) is 1. The predicted octanol–water partition coefficient (Wildman–Crippen LogP) is 4.20. The molecule has 0 N–H and O–H groups in total. The van der Waals surface area contributed by atoms with Gasteiger partial charge in [0.2, 0.25) is 5.91 Å². The molecule has 2 saturated heterocycles. The fourth-order valence-corrected chi connectivity index (χ4v) is 5.31. The minimum atomic E-state index is 0.246. The van der Waals surface area contributed by atoms with Crippen LogP contribution < -0.4 is 4.74 Å². The van der Waals surface area contributed by atoms with Crippen LogP contribution in [0.3, 0.4) is 0 Å². The number of ether oxygens (including phenoxy) is 2. The Morgan fingerprint density at radius 1 is 1.03 bits per heavy atom. The van der Waals surface area contributed by atoms with E-state index >= 15 is 0 Å². The number of carbonyl (C=O) groups is 1. The number of benzene rings is 2. The first-order valence-electron chi connectivity index (χ1n) is 11.4. The second-order valence-electron chi connectivity index (χ2n) is 8.61. The van der Waals surface area contributed by atoms with Crippen molar-refractivity contribution in [3.8, 4) is 10.9 Å². The Balaban J connectivity index is 1.08. The first kappa shape index (κ1) is 21.4. The van der Waals surface area contributed by atoms with Crippen molar-refractivity contribution in [2.45, 2.75) is 19.3 Å². The normalized spacial score (nSPS) is 18.2. The summed E-state index contributed by atoms with van der Waals surface area (Å²) in [6.07, 6.45) is 3.35. The molecule has 168 valence electrons. The third-order valence-electron chi connectivity index (χ3n) is 6.36. The summed E-state index contributed by atoms with van der Waals surface area (Å²) in [6.45, 7) is 5.34. The number of piperidine rings is 1. The van der Waals surface area contributed by atoms with Gasteiger partial charge in [0.1, 0.15) is 5.75 Å². The molecule has 1 amide bonds. The first-order chi connectivity index (χ1) is 15.7. The average Bonchev–Trinajstić information content (AvgIpc) is 3.24. The van der Waals surface area contributed by atoms with Gasteiger partial charge in [0.15, 0.2) is 0 Å². The molecule has 0 aliphatic carbocycles. The number of nitrogens with zero attached hydrogens (tertiary/aromatic N) is 3. The molecule has 0 unspecified atom stereocenters. The summed E-state index contributed by atoms with van der Waals surface area (Å²) >= 11 is 1.57. The number of amides is 1. The summed E-state index contributed by atoms with van der Waals surface area (Å²) in [6, 6.07) is 16.5. The Labute approximate surface area is 192 Å². The molecule has 5 rings (SSSR count). The summed E-state index contributed by atoms with van der Waals surface area (Å²) in [4.78, 5) is 21.3. The molecule has 3 aromatic rings. The molecule has 3 heterocycles. The van der Waals surface area contributed by atoms with Crippen molar-refractivity contribution >= 4 is 27.5 Å². The van der Waals surface area contributed by atoms with E-state index in [0.717, 1.165) is 61.4 Å². The number of morpholine rings is 1. The molecule has 0 atom stereocenters. The maximum Gasteiger partial charge on any atom is 0.279 e. The highest BCUT2D eigenvalue weighted by Gasteiger charge is 2.24. The molecule has 2 aliphatic rings. The molecular weight excluding hydrogens is 422 g/mol. The molecule has 6 nitrogen and oxygen atoms in total. The fourth-order valence-electron chi connectivity index (χ4n) is 4.48. The molecule has 0 bridgehead atoms. The topological polar surface area (TPSA) is 54.9 Å². The molecule has 0 saturated carbocycles. The van der Waals surface area contributed by atoms with Crippen molar-refractivity contribution in [1.82, 2.24) is 14.8 Å². The number of hydrogen-bond donors (Lipinski definition) is 0. The Morgan fingerprint density at radius 2 is 1.78 bits per heavy atom. The number of aromatic nitrogens is 1. The number of carbonyl (C=O) groups excluding carboxylic acids is 1. The molecular formula is C25H29N3O3S. The van der Waals surface area contributed by atoms with E-state index in [0.29, 0.717) is 30.9 Å². The van der Waals surface area contributed by atoms with Gasteiger partial charge in [-0.05, 0) is 68.1 Å². The van der Waals surface area contributed by atoms with Gasteiger partial charge in [-0.2, -0.15) is 0 Å². The van der Waals surface area contributed by atoms with Crippen LogP contribution in [0.2, 0.25) is 0 Å². The van der Waals surface area contributed by atoms with Gasteiger partial charge in [-0.15, -0.1) is 0 Å². The quantitative estimate of drug-likeness (QED) is 0.562. The van der Waals surface area contributed by atoms with E-state index in [9.17, 15) is 4.79 Å². The van der Waals surface area contributed by atoms with Crippen LogP contribution >= 0.6 is 11.3 Å². The molecule has 2 aromatic carbocycles. The highest BCUT2D eigenvalue weighted by Crippen LogP contribution is 2.31. The summed E-state index contributed by atoms with van der Waals surface area (Å²) in [5, 5.41) is 0.679. The van der Waals surface area contributed by atoms with Gasteiger partial charge in [-0.25, -0.2) is 4.98 Å². The van der Waals surface area contributed by atoms with Gasteiger partial charge in [0, 0.05) is 13.1 Å². The molecule has 0 radical (unpaired) electrons. The lowest BCUT2D eigenvalue weighted by Gasteiger charge is -2.34. The lowest BCUT2D eigenvalue weighted by Crippen LogP contribution is -2.47. The van der Waals surface area contributed by atoms with Gasteiger partial charge in [-0.1, -0.05) is 35.6 Å². The number of para-hydroxylation sites is 1. The van der Waals surface area contributed by atoms with Crippen LogP contribution in [0.15, 0.2) is 48.5 Å². The summed E-state index contributed by atoms with van der Waals surface area (Å²) in [5.74, 6) is 1.74. The summed E-state index contributed by atoms with van der Waals surface area (Å²) < 4.78 is 12.4. The SMILES string of the molecule is O=C(CN1CCC(Cc2ccc(Oc3nc4ccccc4s3)cc2)CC1)N1CCOCC1. The van der Waals surface area contributed by atoms with Crippen LogP contribution in [0, 0.1) is 5.92 Å².